The van der Waals surface area contributed by atoms with Crippen LogP contribution in [0.15, 0.2) is 42.5 Å². The molecule has 0 spiro atoms. The maximum absolute atomic E-state index is 13.2. The maximum Gasteiger partial charge on any atom is 0.159 e. The fourth-order valence-electron chi connectivity index (χ4n) is 1.76. The van der Waals surface area contributed by atoms with Crippen LogP contribution in [0.25, 0.3) is 0 Å². The summed E-state index contributed by atoms with van der Waals surface area (Å²) in [5.41, 5.74) is 3.40. The molecule has 5 heteroatoms. The van der Waals surface area contributed by atoms with Crippen molar-refractivity contribution in [3.05, 3.63) is 71.0 Å². The summed E-state index contributed by atoms with van der Waals surface area (Å²) in [6.07, 6.45) is 0. The van der Waals surface area contributed by atoms with Crippen LogP contribution in [0.2, 0.25) is 0 Å². The Hall–Kier alpha value is -1.85. The molecule has 3 N–H and O–H groups in total. The summed E-state index contributed by atoms with van der Waals surface area (Å²) in [7, 11) is 0. The second-order valence-corrected chi connectivity index (χ2v) is 3.83. The maximum atomic E-state index is 13.2. The van der Waals surface area contributed by atoms with Gasteiger partial charge >= 0.3 is 0 Å². The van der Waals surface area contributed by atoms with Crippen molar-refractivity contribution in [2.45, 2.75) is 6.04 Å². The highest BCUT2D eigenvalue weighted by atomic mass is 19.2. The lowest BCUT2D eigenvalue weighted by Gasteiger charge is -2.17. The van der Waals surface area contributed by atoms with Gasteiger partial charge in [-0.1, -0.05) is 18.2 Å². The third-order valence-corrected chi connectivity index (χ3v) is 2.63. The number of rotatable bonds is 3. The van der Waals surface area contributed by atoms with E-state index in [0.29, 0.717) is 11.1 Å². The van der Waals surface area contributed by atoms with Gasteiger partial charge < -0.3 is 0 Å². The molecule has 0 aliphatic heterocycles. The lowest BCUT2D eigenvalue weighted by atomic mass is 9.99. The predicted molar refractivity (Wildman–Crippen MR) is 61.9 cm³/mol. The van der Waals surface area contributed by atoms with Crippen LogP contribution in [-0.4, -0.2) is 0 Å². The fraction of sp³-hybridized carbons (Fsp3) is 0.0769. The van der Waals surface area contributed by atoms with Gasteiger partial charge in [0.2, 0.25) is 0 Å². The van der Waals surface area contributed by atoms with E-state index in [1.165, 1.54) is 24.3 Å². The SMILES string of the molecule is NNC(c1cccc(F)c1)c1ccc(F)c(F)c1. The first-order valence-electron chi connectivity index (χ1n) is 5.28. The number of nitrogens with one attached hydrogen (secondary N) is 1. The Balaban J connectivity index is 2.42. The summed E-state index contributed by atoms with van der Waals surface area (Å²) in [5, 5.41) is 0. The van der Waals surface area contributed by atoms with Crippen molar-refractivity contribution in [2.24, 2.45) is 5.84 Å². The van der Waals surface area contributed by atoms with Gasteiger partial charge in [-0.15, -0.1) is 0 Å². The normalized spacial score (nSPS) is 12.4. The zero-order valence-corrected chi connectivity index (χ0v) is 9.33. The molecule has 0 aliphatic carbocycles. The van der Waals surface area contributed by atoms with E-state index in [-0.39, 0.29) is 0 Å². The van der Waals surface area contributed by atoms with E-state index < -0.39 is 23.5 Å². The molecule has 0 saturated heterocycles. The third-order valence-electron chi connectivity index (χ3n) is 2.63. The monoisotopic (exact) mass is 252 g/mol. The van der Waals surface area contributed by atoms with Crippen LogP contribution in [0.4, 0.5) is 13.2 Å². The Labute approximate surface area is 102 Å². The molecule has 1 unspecified atom stereocenters. The molecule has 0 heterocycles. The van der Waals surface area contributed by atoms with E-state index in [1.54, 1.807) is 6.07 Å². The third kappa shape index (κ3) is 2.52. The first kappa shape index (κ1) is 12.6. The van der Waals surface area contributed by atoms with Crippen LogP contribution in [-0.2, 0) is 0 Å². The lowest BCUT2D eigenvalue weighted by Crippen LogP contribution is -2.29. The second-order valence-electron chi connectivity index (χ2n) is 3.83. The quantitative estimate of drug-likeness (QED) is 0.651. The molecule has 0 aliphatic rings. The Morgan fingerprint density at radius 3 is 2.22 bits per heavy atom. The van der Waals surface area contributed by atoms with Crippen LogP contribution in [0.1, 0.15) is 17.2 Å². The first-order valence-corrected chi connectivity index (χ1v) is 5.28. The molecule has 1 atom stereocenters. The van der Waals surface area contributed by atoms with Crippen molar-refractivity contribution >= 4 is 0 Å². The highest BCUT2D eigenvalue weighted by Crippen LogP contribution is 2.23. The number of halogens is 3. The van der Waals surface area contributed by atoms with Crippen molar-refractivity contribution in [1.82, 2.24) is 5.43 Å². The van der Waals surface area contributed by atoms with Crippen molar-refractivity contribution in [3.8, 4) is 0 Å². The number of nitrogens with two attached hydrogens (primary N) is 1. The van der Waals surface area contributed by atoms with Crippen LogP contribution in [0.3, 0.4) is 0 Å². The van der Waals surface area contributed by atoms with Crippen molar-refractivity contribution in [3.63, 3.8) is 0 Å². The number of hydrogen-bond donors (Lipinski definition) is 2. The molecule has 2 aromatic carbocycles. The van der Waals surface area contributed by atoms with Gasteiger partial charge in [0.05, 0.1) is 6.04 Å². The average Bonchev–Trinajstić information content (AvgIpc) is 2.35. The zero-order chi connectivity index (χ0) is 13.1. The molecule has 0 fully saturated rings. The molecular weight excluding hydrogens is 241 g/mol. The standard InChI is InChI=1S/C13H11F3N2/c14-10-3-1-2-8(6-10)13(18-17)9-4-5-11(15)12(16)7-9/h1-7,13,18H,17H2. The fourth-order valence-corrected chi connectivity index (χ4v) is 1.76. The van der Waals surface area contributed by atoms with Gasteiger partial charge in [0.15, 0.2) is 11.6 Å². The molecule has 0 saturated carbocycles. The minimum absolute atomic E-state index is 0.419. The first-order chi connectivity index (χ1) is 8.61. The van der Waals surface area contributed by atoms with Crippen molar-refractivity contribution < 1.29 is 13.2 Å². The molecule has 2 rings (SSSR count). The van der Waals surface area contributed by atoms with E-state index in [1.807, 2.05) is 0 Å². The Bertz CT molecular complexity index is 558. The van der Waals surface area contributed by atoms with Crippen molar-refractivity contribution in [2.75, 3.05) is 0 Å². The molecule has 2 aromatic rings. The molecule has 0 radical (unpaired) electrons. The van der Waals surface area contributed by atoms with E-state index in [2.05, 4.69) is 5.43 Å². The molecule has 0 amide bonds. The highest BCUT2D eigenvalue weighted by molar-refractivity contribution is 5.32. The largest absolute Gasteiger partial charge is 0.271 e. The second kappa shape index (κ2) is 5.20. The summed E-state index contributed by atoms with van der Waals surface area (Å²) in [5.74, 6) is 3.06. The van der Waals surface area contributed by atoms with Gasteiger partial charge in [0, 0.05) is 0 Å². The number of hydrazine groups is 1. The van der Waals surface area contributed by atoms with Crippen LogP contribution >= 0.6 is 0 Å². The minimum Gasteiger partial charge on any atom is -0.271 e. The lowest BCUT2D eigenvalue weighted by molar-refractivity contribution is 0.503. The highest BCUT2D eigenvalue weighted by Gasteiger charge is 2.15. The topological polar surface area (TPSA) is 38.0 Å². The van der Waals surface area contributed by atoms with Gasteiger partial charge in [-0.2, -0.15) is 0 Å². The molecule has 18 heavy (non-hydrogen) atoms. The molecular formula is C13H11F3N2. The summed E-state index contributed by atoms with van der Waals surface area (Å²) >= 11 is 0. The van der Waals surface area contributed by atoms with Gasteiger partial charge in [-0.25, -0.2) is 18.6 Å². The number of benzene rings is 2. The van der Waals surface area contributed by atoms with Crippen LogP contribution in [0, 0.1) is 17.5 Å². The number of hydrogen-bond acceptors (Lipinski definition) is 2. The van der Waals surface area contributed by atoms with E-state index >= 15 is 0 Å². The van der Waals surface area contributed by atoms with E-state index in [9.17, 15) is 13.2 Å². The summed E-state index contributed by atoms with van der Waals surface area (Å²) in [6, 6.07) is 8.58. The predicted octanol–water partition coefficient (Wildman–Crippen LogP) is 2.66. The molecule has 0 bridgehead atoms. The Kier molecular flexibility index (Phi) is 3.64. The van der Waals surface area contributed by atoms with Crippen LogP contribution in [0.5, 0.6) is 0 Å². The van der Waals surface area contributed by atoms with E-state index in [4.69, 9.17) is 5.84 Å². The Morgan fingerprint density at radius 1 is 0.889 bits per heavy atom. The minimum atomic E-state index is -0.968. The van der Waals surface area contributed by atoms with Gasteiger partial charge in [0.25, 0.3) is 0 Å². The van der Waals surface area contributed by atoms with Gasteiger partial charge in [-0.05, 0) is 35.4 Å². The summed E-state index contributed by atoms with van der Waals surface area (Å²) in [6.45, 7) is 0. The smallest absolute Gasteiger partial charge is 0.159 e. The molecule has 94 valence electrons. The van der Waals surface area contributed by atoms with Crippen LogP contribution < -0.4 is 11.3 Å². The van der Waals surface area contributed by atoms with E-state index in [0.717, 1.165) is 12.1 Å². The zero-order valence-electron chi connectivity index (χ0n) is 9.33. The Morgan fingerprint density at radius 2 is 1.61 bits per heavy atom. The van der Waals surface area contributed by atoms with Gasteiger partial charge in [-0.3, -0.25) is 5.84 Å². The molecule has 2 nitrogen and oxygen atoms in total. The summed E-state index contributed by atoms with van der Waals surface area (Å²) < 4.78 is 39.1. The van der Waals surface area contributed by atoms with Gasteiger partial charge in [0.1, 0.15) is 5.82 Å². The van der Waals surface area contributed by atoms with Crippen molar-refractivity contribution in [1.29, 1.82) is 0 Å². The molecule has 0 aromatic heterocycles. The summed E-state index contributed by atoms with van der Waals surface area (Å²) in [4.78, 5) is 0. The average molecular weight is 252 g/mol.